The van der Waals surface area contributed by atoms with E-state index < -0.39 is 24.3 Å². The zero-order chi connectivity index (χ0) is 15.5. The Morgan fingerprint density at radius 1 is 0.905 bits per heavy atom. The lowest BCUT2D eigenvalue weighted by molar-refractivity contribution is -0.148. The molecule has 1 N–H and O–H groups in total. The average Bonchev–Trinajstić information content (AvgIpc) is 2.53. The van der Waals surface area contributed by atoms with Crippen molar-refractivity contribution in [1.82, 2.24) is 0 Å². The molecule has 0 aliphatic rings. The van der Waals surface area contributed by atoms with Gasteiger partial charge >= 0.3 is 11.9 Å². The molecule has 0 fully saturated rings. The molecule has 0 amide bonds. The summed E-state index contributed by atoms with van der Waals surface area (Å²) in [6.07, 6.45) is 0. The molecular formula is C14H16O7. The first kappa shape index (κ1) is 16.8. The maximum absolute atomic E-state index is 11.6. The third kappa shape index (κ3) is 6.64. The minimum absolute atomic E-state index is 0.00368. The van der Waals surface area contributed by atoms with Crippen LogP contribution in [-0.2, 0) is 23.8 Å². The molecular weight excluding hydrogens is 280 g/mol. The molecule has 0 saturated heterocycles. The number of carbonyl (C=O) groups excluding carboxylic acids is 3. The maximum Gasteiger partial charge on any atom is 0.379 e. The molecule has 21 heavy (non-hydrogen) atoms. The molecule has 114 valence electrons. The van der Waals surface area contributed by atoms with Gasteiger partial charge in [0.05, 0.1) is 13.2 Å². The molecule has 0 bridgehead atoms. The predicted molar refractivity (Wildman–Crippen MR) is 70.6 cm³/mol. The number of aliphatic hydroxyl groups is 1. The number of ether oxygens (including phenoxy) is 3. The van der Waals surface area contributed by atoms with Crippen molar-refractivity contribution in [2.24, 2.45) is 0 Å². The van der Waals surface area contributed by atoms with Crippen molar-refractivity contribution < 1.29 is 33.7 Å². The Bertz CT molecular complexity index is 469. The van der Waals surface area contributed by atoms with Gasteiger partial charge in [0.2, 0.25) is 0 Å². The molecule has 0 aliphatic heterocycles. The summed E-state index contributed by atoms with van der Waals surface area (Å²) in [5, 5.41) is 8.38. The van der Waals surface area contributed by atoms with Crippen molar-refractivity contribution in [3.8, 4) is 0 Å². The Balaban J connectivity index is 2.11. The number of carbonyl (C=O) groups is 3. The molecule has 0 heterocycles. The Hall–Kier alpha value is -2.25. The van der Waals surface area contributed by atoms with E-state index in [4.69, 9.17) is 14.6 Å². The lowest BCUT2D eigenvalue weighted by atomic mass is 10.1. The number of esters is 2. The Morgan fingerprint density at radius 3 is 2.14 bits per heavy atom. The Morgan fingerprint density at radius 2 is 1.52 bits per heavy atom. The first-order valence-electron chi connectivity index (χ1n) is 6.26. The fourth-order valence-corrected chi connectivity index (χ4v) is 1.33. The van der Waals surface area contributed by atoms with Gasteiger partial charge in [-0.3, -0.25) is 4.79 Å². The number of Topliss-reactive ketones (excluding diaryl/α,β-unsaturated/α-hetero) is 1. The molecule has 0 atom stereocenters. The van der Waals surface area contributed by atoms with Gasteiger partial charge in [-0.25, -0.2) is 9.59 Å². The van der Waals surface area contributed by atoms with E-state index in [-0.39, 0.29) is 32.0 Å². The smallest absolute Gasteiger partial charge is 0.379 e. The number of ketones is 1. The lowest BCUT2D eigenvalue weighted by Crippen LogP contribution is -2.20. The Kier molecular flexibility index (Phi) is 7.70. The first-order chi connectivity index (χ1) is 10.1. The number of hydrogen-bond donors (Lipinski definition) is 1. The highest BCUT2D eigenvalue weighted by atomic mass is 16.6. The van der Waals surface area contributed by atoms with Crippen LogP contribution < -0.4 is 0 Å². The SMILES string of the molecule is O=C(CO)OCCOCCOC(=O)C(=O)c1ccccc1. The van der Waals surface area contributed by atoms with Crippen LogP contribution in [-0.4, -0.2) is 55.9 Å². The fraction of sp³-hybridized carbons (Fsp3) is 0.357. The predicted octanol–water partition coefficient (Wildman–Crippen LogP) is -0.0354. The molecule has 7 heteroatoms. The monoisotopic (exact) mass is 296 g/mol. The van der Waals surface area contributed by atoms with Gasteiger partial charge in [0.25, 0.3) is 5.78 Å². The third-order valence-electron chi connectivity index (χ3n) is 2.30. The standard InChI is InChI=1S/C14H16O7/c15-10-12(16)20-8-6-19-7-9-21-14(18)13(17)11-4-2-1-3-5-11/h1-5,15H,6-10H2. The zero-order valence-electron chi connectivity index (χ0n) is 11.3. The van der Waals surface area contributed by atoms with E-state index in [9.17, 15) is 14.4 Å². The van der Waals surface area contributed by atoms with Crippen LogP contribution >= 0.6 is 0 Å². The molecule has 1 aromatic carbocycles. The van der Waals surface area contributed by atoms with E-state index in [0.717, 1.165) is 0 Å². The second kappa shape index (κ2) is 9.62. The van der Waals surface area contributed by atoms with Gasteiger partial charge in [-0.1, -0.05) is 30.3 Å². The van der Waals surface area contributed by atoms with Crippen LogP contribution in [0.15, 0.2) is 30.3 Å². The van der Waals surface area contributed by atoms with E-state index in [1.54, 1.807) is 18.2 Å². The summed E-state index contributed by atoms with van der Waals surface area (Å²) in [6, 6.07) is 8.08. The third-order valence-corrected chi connectivity index (χ3v) is 2.30. The van der Waals surface area contributed by atoms with Crippen LogP contribution in [0, 0.1) is 0 Å². The van der Waals surface area contributed by atoms with Gasteiger partial charge in [-0.2, -0.15) is 0 Å². The highest BCUT2D eigenvalue weighted by Crippen LogP contribution is 2.01. The summed E-state index contributed by atoms with van der Waals surface area (Å²) >= 11 is 0. The highest BCUT2D eigenvalue weighted by Gasteiger charge is 2.16. The van der Waals surface area contributed by atoms with Gasteiger partial charge in [0, 0.05) is 5.56 Å². The van der Waals surface area contributed by atoms with Gasteiger partial charge < -0.3 is 19.3 Å². The first-order valence-corrected chi connectivity index (χ1v) is 6.26. The van der Waals surface area contributed by atoms with Gasteiger partial charge in [0.1, 0.15) is 19.8 Å². The van der Waals surface area contributed by atoms with Crippen molar-refractivity contribution in [2.75, 3.05) is 33.0 Å². The van der Waals surface area contributed by atoms with Crippen molar-refractivity contribution in [3.63, 3.8) is 0 Å². The highest BCUT2D eigenvalue weighted by molar-refractivity contribution is 6.40. The lowest BCUT2D eigenvalue weighted by Gasteiger charge is -2.06. The summed E-state index contributed by atoms with van der Waals surface area (Å²) in [5.41, 5.74) is 0.263. The van der Waals surface area contributed by atoms with E-state index >= 15 is 0 Å². The van der Waals surface area contributed by atoms with Crippen LogP contribution in [0.25, 0.3) is 0 Å². The summed E-state index contributed by atoms with van der Waals surface area (Å²) in [6.45, 7) is -0.582. The fourth-order valence-electron chi connectivity index (χ4n) is 1.33. The van der Waals surface area contributed by atoms with Gasteiger partial charge in [0.15, 0.2) is 0 Å². The number of aliphatic hydroxyl groups excluding tert-OH is 1. The minimum atomic E-state index is -0.948. The largest absolute Gasteiger partial charge is 0.462 e. The van der Waals surface area contributed by atoms with Crippen LogP contribution in [0.1, 0.15) is 10.4 Å². The maximum atomic E-state index is 11.6. The van der Waals surface area contributed by atoms with Crippen molar-refractivity contribution in [3.05, 3.63) is 35.9 Å². The molecule has 0 spiro atoms. The number of hydrogen-bond acceptors (Lipinski definition) is 7. The number of rotatable bonds is 9. The topological polar surface area (TPSA) is 99.1 Å². The molecule has 0 aliphatic carbocycles. The van der Waals surface area contributed by atoms with E-state index in [2.05, 4.69) is 4.74 Å². The van der Waals surface area contributed by atoms with Crippen LogP contribution in [0.2, 0.25) is 0 Å². The quantitative estimate of drug-likeness (QED) is 0.295. The van der Waals surface area contributed by atoms with Crippen molar-refractivity contribution in [1.29, 1.82) is 0 Å². The summed E-state index contributed by atoms with van der Waals surface area (Å²) in [5.74, 6) is -2.40. The van der Waals surface area contributed by atoms with Crippen LogP contribution in [0.5, 0.6) is 0 Å². The van der Waals surface area contributed by atoms with Crippen LogP contribution in [0.4, 0.5) is 0 Å². The summed E-state index contributed by atoms with van der Waals surface area (Å²) in [7, 11) is 0. The van der Waals surface area contributed by atoms with Crippen molar-refractivity contribution >= 4 is 17.7 Å². The minimum Gasteiger partial charge on any atom is -0.462 e. The molecule has 1 aromatic rings. The Labute approximate surface area is 121 Å². The summed E-state index contributed by atoms with van der Waals surface area (Å²) in [4.78, 5) is 33.6. The molecule has 0 aromatic heterocycles. The molecule has 7 nitrogen and oxygen atoms in total. The van der Waals surface area contributed by atoms with E-state index in [0.29, 0.717) is 0 Å². The van der Waals surface area contributed by atoms with Crippen molar-refractivity contribution in [2.45, 2.75) is 0 Å². The van der Waals surface area contributed by atoms with Gasteiger partial charge in [-0.05, 0) is 0 Å². The molecule has 1 rings (SSSR count). The second-order valence-electron chi connectivity index (χ2n) is 3.82. The van der Waals surface area contributed by atoms with Gasteiger partial charge in [-0.15, -0.1) is 0 Å². The normalized spacial score (nSPS) is 9.95. The average molecular weight is 296 g/mol. The van der Waals surface area contributed by atoms with E-state index in [1.807, 2.05) is 0 Å². The molecule has 0 unspecified atom stereocenters. The molecule has 0 radical (unpaired) electrons. The number of benzene rings is 1. The summed E-state index contributed by atoms with van der Waals surface area (Å²) < 4.78 is 14.3. The van der Waals surface area contributed by atoms with Crippen LogP contribution in [0.3, 0.4) is 0 Å². The zero-order valence-corrected chi connectivity index (χ0v) is 11.3. The molecule has 0 saturated carbocycles. The van der Waals surface area contributed by atoms with E-state index in [1.165, 1.54) is 12.1 Å². The second-order valence-corrected chi connectivity index (χ2v) is 3.82.